The van der Waals surface area contributed by atoms with E-state index in [1.165, 1.54) is 43.1 Å². The maximum Gasteiger partial charge on any atom is 0.441 e. The lowest BCUT2D eigenvalue weighted by molar-refractivity contribution is 0.0703. The summed E-state index contributed by atoms with van der Waals surface area (Å²) in [5.41, 5.74) is 0.815. The van der Waals surface area contributed by atoms with Crippen LogP contribution in [-0.4, -0.2) is 44.5 Å². The highest BCUT2D eigenvalue weighted by Gasteiger charge is 2.36. The lowest BCUT2D eigenvalue weighted by atomic mass is 10.1. The minimum Gasteiger partial charge on any atom is -0.390 e. The predicted octanol–water partition coefficient (Wildman–Crippen LogP) is 2.27. The molecule has 1 aromatic carbocycles. The number of nitrogens with zero attached hydrogens (tertiary/aromatic N) is 3. The second-order valence-corrected chi connectivity index (χ2v) is 7.27. The third-order valence-corrected chi connectivity index (χ3v) is 5.34. The summed E-state index contributed by atoms with van der Waals surface area (Å²) in [5.74, 6) is -0.0415. The van der Waals surface area contributed by atoms with Crippen molar-refractivity contribution in [3.8, 4) is 11.4 Å². The topological polar surface area (TPSA) is 71.5 Å². The Morgan fingerprint density at radius 1 is 1.16 bits per heavy atom. The van der Waals surface area contributed by atoms with Crippen molar-refractivity contribution in [2.45, 2.75) is 63.3 Å². The molecule has 1 aromatic heterocycles. The Bertz CT molecular complexity index is 745. The van der Waals surface area contributed by atoms with Crippen LogP contribution in [0.2, 0.25) is 0 Å². The molecule has 0 bridgehead atoms. The molecule has 0 saturated heterocycles. The van der Waals surface area contributed by atoms with Crippen LogP contribution in [0.15, 0.2) is 39.6 Å². The molecule has 0 radical (unpaired) electrons. The number of aliphatic hydroxyl groups is 1. The van der Waals surface area contributed by atoms with E-state index in [1.54, 1.807) is 0 Å². The number of benzene rings is 1. The Morgan fingerprint density at radius 2 is 1.84 bits per heavy atom. The van der Waals surface area contributed by atoms with Crippen molar-refractivity contribution in [2.24, 2.45) is 0 Å². The van der Waals surface area contributed by atoms with Crippen LogP contribution < -0.4 is 5.76 Å². The molecule has 1 N–H and O–H groups in total. The average Bonchev–Trinajstić information content (AvgIpc) is 3.20. The number of aliphatic hydroxyl groups excluding tert-OH is 1. The van der Waals surface area contributed by atoms with Crippen LogP contribution in [0.4, 0.5) is 0 Å². The molecule has 0 amide bonds. The molecule has 6 nitrogen and oxygen atoms in total. The lowest BCUT2D eigenvalue weighted by Gasteiger charge is -2.30. The highest BCUT2D eigenvalue weighted by Crippen LogP contribution is 2.34. The van der Waals surface area contributed by atoms with Crippen molar-refractivity contribution < 1.29 is 9.63 Å². The molecular weight excluding hydrogens is 318 g/mol. The van der Waals surface area contributed by atoms with E-state index >= 15 is 0 Å². The number of hydrogen-bond donors (Lipinski definition) is 1. The smallest absolute Gasteiger partial charge is 0.390 e. The third kappa shape index (κ3) is 3.70. The molecule has 1 atom stereocenters. The lowest BCUT2D eigenvalue weighted by Crippen LogP contribution is -2.42. The van der Waals surface area contributed by atoms with Crippen molar-refractivity contribution >= 4 is 0 Å². The van der Waals surface area contributed by atoms with Crippen LogP contribution in [0, 0.1) is 0 Å². The zero-order chi connectivity index (χ0) is 17.2. The largest absolute Gasteiger partial charge is 0.441 e. The first kappa shape index (κ1) is 16.5. The molecule has 134 valence electrons. The molecule has 1 unspecified atom stereocenters. The predicted molar refractivity (Wildman–Crippen MR) is 94.2 cm³/mol. The monoisotopic (exact) mass is 343 g/mol. The first-order valence-corrected chi connectivity index (χ1v) is 9.28. The molecule has 2 fully saturated rings. The fourth-order valence-electron chi connectivity index (χ4n) is 3.97. The van der Waals surface area contributed by atoms with Gasteiger partial charge in [-0.2, -0.15) is 0 Å². The molecule has 4 rings (SSSR count). The Labute approximate surface area is 147 Å². The van der Waals surface area contributed by atoms with E-state index in [1.807, 2.05) is 30.3 Å². The summed E-state index contributed by atoms with van der Waals surface area (Å²) in [6.45, 7) is 0.823. The highest BCUT2D eigenvalue weighted by atomic mass is 16.5. The van der Waals surface area contributed by atoms with Gasteiger partial charge in [0, 0.05) is 24.2 Å². The molecule has 2 aromatic rings. The molecule has 25 heavy (non-hydrogen) atoms. The minimum atomic E-state index is -0.610. The summed E-state index contributed by atoms with van der Waals surface area (Å²) in [6.07, 6.45) is 6.87. The number of aromatic nitrogens is 2. The van der Waals surface area contributed by atoms with Crippen LogP contribution in [0.1, 0.15) is 38.5 Å². The molecule has 0 spiro atoms. The Balaban J connectivity index is 1.48. The van der Waals surface area contributed by atoms with Gasteiger partial charge >= 0.3 is 5.76 Å². The average molecular weight is 343 g/mol. The summed E-state index contributed by atoms with van der Waals surface area (Å²) >= 11 is 0. The Kier molecular flexibility index (Phi) is 4.72. The van der Waals surface area contributed by atoms with Gasteiger partial charge in [0.05, 0.1) is 12.6 Å². The molecular formula is C19H25N3O3. The molecule has 0 aliphatic heterocycles. The summed E-state index contributed by atoms with van der Waals surface area (Å²) < 4.78 is 6.29. The minimum absolute atomic E-state index is 0.211. The second-order valence-electron chi connectivity index (χ2n) is 7.27. The first-order valence-electron chi connectivity index (χ1n) is 9.28. The summed E-state index contributed by atoms with van der Waals surface area (Å²) in [6, 6.07) is 10.7. The summed E-state index contributed by atoms with van der Waals surface area (Å²) in [4.78, 5) is 14.5. The summed E-state index contributed by atoms with van der Waals surface area (Å²) in [5, 5.41) is 14.5. The van der Waals surface area contributed by atoms with Gasteiger partial charge in [0.2, 0.25) is 0 Å². The zero-order valence-corrected chi connectivity index (χ0v) is 14.4. The number of hydrogen-bond acceptors (Lipinski definition) is 5. The van der Waals surface area contributed by atoms with Gasteiger partial charge < -0.3 is 5.11 Å². The molecule has 6 heteroatoms. The van der Waals surface area contributed by atoms with E-state index in [0.717, 1.165) is 5.56 Å². The van der Waals surface area contributed by atoms with Gasteiger partial charge in [-0.3, -0.25) is 14.0 Å². The molecule has 1 heterocycles. The van der Waals surface area contributed by atoms with Crippen molar-refractivity contribution in [3.05, 3.63) is 40.9 Å². The van der Waals surface area contributed by atoms with Gasteiger partial charge in [-0.05, 0) is 25.7 Å². The SMILES string of the molecule is O=c1onc(-c2ccccc2)n1CC(O)CN(C1CCCC1)C1CC1. The van der Waals surface area contributed by atoms with Gasteiger partial charge in [0.25, 0.3) is 0 Å². The van der Waals surface area contributed by atoms with E-state index in [-0.39, 0.29) is 6.54 Å². The maximum atomic E-state index is 12.0. The van der Waals surface area contributed by atoms with Crippen molar-refractivity contribution in [2.75, 3.05) is 6.54 Å². The fourth-order valence-corrected chi connectivity index (χ4v) is 3.97. The van der Waals surface area contributed by atoms with Gasteiger partial charge in [-0.1, -0.05) is 48.3 Å². The van der Waals surface area contributed by atoms with E-state index in [9.17, 15) is 9.90 Å². The molecule has 2 aliphatic rings. The third-order valence-electron chi connectivity index (χ3n) is 5.34. The van der Waals surface area contributed by atoms with Gasteiger partial charge in [0.15, 0.2) is 5.82 Å². The Hall–Kier alpha value is -1.92. The standard InChI is InChI=1S/C19H25N3O3/c23-17(12-21(16-10-11-16)15-8-4-5-9-15)13-22-18(20-25-19(22)24)14-6-2-1-3-7-14/h1-3,6-7,15-17,23H,4-5,8-13H2. The quantitative estimate of drug-likeness (QED) is 0.835. The highest BCUT2D eigenvalue weighted by molar-refractivity contribution is 5.54. The first-order chi connectivity index (χ1) is 12.2. The van der Waals surface area contributed by atoms with E-state index in [2.05, 4.69) is 10.1 Å². The second kappa shape index (κ2) is 7.14. The Morgan fingerprint density at radius 3 is 2.52 bits per heavy atom. The van der Waals surface area contributed by atoms with Crippen LogP contribution in [0.3, 0.4) is 0 Å². The zero-order valence-electron chi connectivity index (χ0n) is 14.4. The van der Waals surface area contributed by atoms with Crippen molar-refractivity contribution in [1.82, 2.24) is 14.6 Å². The van der Waals surface area contributed by atoms with Crippen molar-refractivity contribution in [3.63, 3.8) is 0 Å². The van der Waals surface area contributed by atoms with Crippen LogP contribution in [-0.2, 0) is 6.54 Å². The van der Waals surface area contributed by atoms with Crippen molar-refractivity contribution in [1.29, 1.82) is 0 Å². The van der Waals surface area contributed by atoms with E-state index < -0.39 is 11.9 Å². The summed E-state index contributed by atoms with van der Waals surface area (Å²) in [7, 11) is 0. The normalized spacial score (nSPS) is 19.6. The fraction of sp³-hybridized carbons (Fsp3) is 0.579. The van der Waals surface area contributed by atoms with Gasteiger partial charge in [-0.15, -0.1) is 0 Å². The van der Waals surface area contributed by atoms with Crippen LogP contribution in [0.25, 0.3) is 11.4 Å². The van der Waals surface area contributed by atoms with E-state index in [0.29, 0.717) is 24.5 Å². The van der Waals surface area contributed by atoms with E-state index in [4.69, 9.17) is 4.52 Å². The van der Waals surface area contributed by atoms with Crippen LogP contribution >= 0.6 is 0 Å². The maximum absolute atomic E-state index is 12.0. The van der Waals surface area contributed by atoms with Crippen LogP contribution in [0.5, 0.6) is 0 Å². The van der Waals surface area contributed by atoms with Gasteiger partial charge in [-0.25, -0.2) is 4.79 Å². The molecule has 2 saturated carbocycles. The molecule has 2 aliphatic carbocycles. The van der Waals surface area contributed by atoms with Gasteiger partial charge in [0.1, 0.15) is 0 Å². The number of rotatable bonds is 7.